The molecule has 1 aliphatic heterocycles. The van der Waals surface area contributed by atoms with Crippen LogP contribution in [0.4, 0.5) is 0 Å². The summed E-state index contributed by atoms with van der Waals surface area (Å²) in [7, 11) is -0.396. The van der Waals surface area contributed by atoms with Crippen molar-refractivity contribution in [3.05, 3.63) is 10.5 Å². The third kappa shape index (κ3) is 1.94. The van der Waals surface area contributed by atoms with Crippen molar-refractivity contribution in [2.75, 3.05) is 0 Å². The van der Waals surface area contributed by atoms with Gasteiger partial charge in [0.1, 0.15) is 9.24 Å². The Bertz CT molecular complexity index is 364. The van der Waals surface area contributed by atoms with Crippen molar-refractivity contribution in [1.82, 2.24) is 4.98 Å². The molecular formula is C9H13BClNO2S. The predicted molar refractivity (Wildman–Crippen MR) is 62.8 cm³/mol. The first-order chi connectivity index (χ1) is 6.82. The number of nitrogens with zero attached hydrogens (tertiary/aromatic N) is 1. The molecule has 2 rings (SSSR count). The van der Waals surface area contributed by atoms with Crippen LogP contribution in [-0.2, 0) is 9.31 Å². The Labute approximate surface area is 98.9 Å². The van der Waals surface area contributed by atoms with Crippen molar-refractivity contribution in [2.45, 2.75) is 38.9 Å². The van der Waals surface area contributed by atoms with Gasteiger partial charge >= 0.3 is 7.12 Å². The third-order valence-electron chi connectivity index (χ3n) is 2.95. The van der Waals surface area contributed by atoms with E-state index in [-0.39, 0.29) is 11.2 Å². The second-order valence-corrected chi connectivity index (χ2v) is 6.28. The molecule has 0 unspecified atom stereocenters. The fourth-order valence-electron chi connectivity index (χ4n) is 1.32. The number of halogens is 1. The molecule has 1 saturated heterocycles. The van der Waals surface area contributed by atoms with Gasteiger partial charge in [0.15, 0.2) is 0 Å². The minimum atomic E-state index is -0.396. The quantitative estimate of drug-likeness (QED) is 0.710. The molecule has 0 aromatic carbocycles. The first-order valence-corrected chi connectivity index (χ1v) is 5.98. The third-order valence-corrected chi connectivity index (χ3v) is 4.09. The Morgan fingerprint density at radius 2 is 1.80 bits per heavy atom. The zero-order valence-electron chi connectivity index (χ0n) is 9.20. The summed E-state index contributed by atoms with van der Waals surface area (Å²) < 4.78 is 12.3. The van der Waals surface area contributed by atoms with E-state index in [2.05, 4.69) is 4.98 Å². The molecule has 0 radical (unpaired) electrons. The fourth-order valence-corrected chi connectivity index (χ4v) is 2.21. The van der Waals surface area contributed by atoms with Gasteiger partial charge in [0.2, 0.25) is 0 Å². The van der Waals surface area contributed by atoms with Gasteiger partial charge in [0.25, 0.3) is 0 Å². The molecule has 0 N–H and O–H groups in total. The Morgan fingerprint density at radius 3 is 2.20 bits per heavy atom. The van der Waals surface area contributed by atoms with E-state index in [0.717, 1.165) is 4.91 Å². The van der Waals surface area contributed by atoms with Crippen LogP contribution in [0, 0.1) is 0 Å². The fraction of sp³-hybridized carbons (Fsp3) is 0.667. The van der Waals surface area contributed by atoms with Gasteiger partial charge in [0.05, 0.1) is 17.4 Å². The van der Waals surface area contributed by atoms with Crippen LogP contribution in [0.3, 0.4) is 0 Å². The zero-order chi connectivity index (χ0) is 11.3. The van der Waals surface area contributed by atoms with Crippen LogP contribution in [0.2, 0.25) is 4.34 Å². The molecule has 1 aromatic heterocycles. The summed E-state index contributed by atoms with van der Waals surface area (Å²) in [6.07, 6.45) is 1.62. The van der Waals surface area contributed by atoms with Crippen molar-refractivity contribution in [2.24, 2.45) is 0 Å². The van der Waals surface area contributed by atoms with Crippen LogP contribution in [0.1, 0.15) is 27.7 Å². The number of hydrogen-bond acceptors (Lipinski definition) is 4. The monoisotopic (exact) mass is 245 g/mol. The molecule has 0 atom stereocenters. The molecule has 0 bridgehead atoms. The van der Waals surface area contributed by atoms with E-state index < -0.39 is 7.12 Å². The lowest BCUT2D eigenvalue weighted by Gasteiger charge is -2.32. The molecule has 15 heavy (non-hydrogen) atoms. The maximum absolute atomic E-state index is 5.83. The molecule has 6 heteroatoms. The van der Waals surface area contributed by atoms with E-state index in [1.54, 1.807) is 6.20 Å². The first-order valence-electron chi connectivity index (χ1n) is 4.79. The van der Waals surface area contributed by atoms with E-state index in [1.807, 2.05) is 27.7 Å². The Balaban J connectivity index is 2.23. The average molecular weight is 246 g/mol. The first kappa shape index (κ1) is 11.4. The molecule has 0 spiro atoms. The Morgan fingerprint density at radius 1 is 1.27 bits per heavy atom. The van der Waals surface area contributed by atoms with Gasteiger partial charge in [-0.25, -0.2) is 0 Å². The maximum atomic E-state index is 5.83. The number of rotatable bonds is 1. The highest BCUT2D eigenvalue weighted by atomic mass is 35.5. The van der Waals surface area contributed by atoms with Crippen molar-refractivity contribution in [3.8, 4) is 0 Å². The molecule has 1 aliphatic rings. The van der Waals surface area contributed by atoms with Gasteiger partial charge in [0, 0.05) is 0 Å². The molecule has 1 fully saturated rings. The van der Waals surface area contributed by atoms with Gasteiger partial charge in [-0.1, -0.05) is 11.6 Å². The van der Waals surface area contributed by atoms with E-state index in [1.165, 1.54) is 11.3 Å². The van der Waals surface area contributed by atoms with Gasteiger partial charge in [-0.3, -0.25) is 4.98 Å². The van der Waals surface area contributed by atoms with Crippen LogP contribution in [-0.4, -0.2) is 23.3 Å². The van der Waals surface area contributed by atoms with E-state index in [0.29, 0.717) is 4.34 Å². The SMILES string of the molecule is CC1(C)OB(c2ncc(Cl)s2)OC1(C)C. The number of hydrogen-bond donors (Lipinski definition) is 0. The smallest absolute Gasteiger partial charge is 0.398 e. The van der Waals surface area contributed by atoms with Crippen molar-refractivity contribution in [3.63, 3.8) is 0 Å². The minimum absolute atomic E-state index is 0.324. The lowest BCUT2D eigenvalue weighted by Crippen LogP contribution is -2.41. The number of aromatic nitrogens is 1. The van der Waals surface area contributed by atoms with Crippen LogP contribution < -0.4 is 4.91 Å². The highest BCUT2D eigenvalue weighted by Crippen LogP contribution is 2.36. The van der Waals surface area contributed by atoms with E-state index >= 15 is 0 Å². The normalized spacial score (nSPS) is 23.4. The summed E-state index contributed by atoms with van der Waals surface area (Å²) in [6, 6.07) is 0. The second-order valence-electron chi connectivity index (χ2n) is 4.59. The largest absolute Gasteiger partial charge is 0.525 e. The summed E-state index contributed by atoms with van der Waals surface area (Å²) in [5.41, 5.74) is -0.647. The lowest BCUT2D eigenvalue weighted by molar-refractivity contribution is 0.00578. The van der Waals surface area contributed by atoms with Gasteiger partial charge in [-0.2, -0.15) is 0 Å². The molecule has 0 saturated carbocycles. The van der Waals surface area contributed by atoms with E-state index in [9.17, 15) is 0 Å². The van der Waals surface area contributed by atoms with E-state index in [4.69, 9.17) is 20.9 Å². The molecule has 1 aromatic rings. The highest BCUT2D eigenvalue weighted by Gasteiger charge is 2.52. The molecule has 82 valence electrons. The predicted octanol–water partition coefficient (Wildman–Crippen LogP) is 2.10. The Hall–Kier alpha value is -0.0951. The molecule has 0 aliphatic carbocycles. The second kappa shape index (κ2) is 3.45. The topological polar surface area (TPSA) is 31.4 Å². The van der Waals surface area contributed by atoms with Gasteiger partial charge < -0.3 is 9.31 Å². The number of thiazole rings is 1. The van der Waals surface area contributed by atoms with Crippen LogP contribution in [0.15, 0.2) is 6.20 Å². The van der Waals surface area contributed by atoms with Crippen LogP contribution in [0.5, 0.6) is 0 Å². The van der Waals surface area contributed by atoms with Gasteiger partial charge in [-0.15, -0.1) is 11.3 Å². The van der Waals surface area contributed by atoms with Crippen LogP contribution in [0.25, 0.3) is 0 Å². The van der Waals surface area contributed by atoms with Crippen molar-refractivity contribution in [1.29, 1.82) is 0 Å². The maximum Gasteiger partial charge on any atom is 0.525 e. The standard InChI is InChI=1S/C9H13BClNO2S/c1-8(2)9(3,4)14-10(13-8)7-12-5-6(11)15-7/h5H,1-4H3. The van der Waals surface area contributed by atoms with Crippen molar-refractivity contribution < 1.29 is 9.31 Å². The summed E-state index contributed by atoms with van der Waals surface area (Å²) in [4.78, 5) is 4.94. The van der Waals surface area contributed by atoms with Crippen molar-refractivity contribution >= 4 is 35.0 Å². The zero-order valence-corrected chi connectivity index (χ0v) is 10.8. The summed E-state index contributed by atoms with van der Waals surface area (Å²) in [5.74, 6) is 0. The van der Waals surface area contributed by atoms with Crippen LogP contribution >= 0.6 is 22.9 Å². The summed E-state index contributed by atoms with van der Waals surface area (Å²) in [5, 5.41) is 0. The van der Waals surface area contributed by atoms with Gasteiger partial charge in [-0.05, 0) is 27.7 Å². The highest BCUT2D eigenvalue weighted by molar-refractivity contribution is 7.24. The average Bonchev–Trinajstić information content (AvgIpc) is 2.56. The molecule has 3 nitrogen and oxygen atoms in total. The lowest BCUT2D eigenvalue weighted by atomic mass is 9.90. The molecule has 0 amide bonds. The molecule has 2 heterocycles. The summed E-state index contributed by atoms with van der Waals surface area (Å²) in [6.45, 7) is 8.06. The summed E-state index contributed by atoms with van der Waals surface area (Å²) >= 11 is 7.22. The Kier molecular flexibility index (Phi) is 2.62. The minimum Gasteiger partial charge on any atom is -0.398 e. The molecular weight excluding hydrogens is 232 g/mol.